The fourth-order valence-corrected chi connectivity index (χ4v) is 5.30. The largest absolute Gasteiger partial charge is 0.495 e. The van der Waals surface area contributed by atoms with Crippen LogP contribution in [0.3, 0.4) is 0 Å². The lowest BCUT2D eigenvalue weighted by atomic mass is 10.0. The van der Waals surface area contributed by atoms with E-state index in [-0.39, 0.29) is 40.2 Å². The maximum absolute atomic E-state index is 13.5. The molecule has 2 N–H and O–H groups in total. The van der Waals surface area contributed by atoms with Crippen molar-refractivity contribution in [2.24, 2.45) is 7.05 Å². The molecule has 12 nitrogen and oxygen atoms in total. The zero-order valence-electron chi connectivity index (χ0n) is 24.1. The minimum absolute atomic E-state index is 0.155. The van der Waals surface area contributed by atoms with E-state index in [1.165, 1.54) is 23.7 Å². The molecule has 1 aromatic carbocycles. The first-order valence-corrected chi connectivity index (χ1v) is 13.7. The van der Waals surface area contributed by atoms with Gasteiger partial charge < -0.3 is 29.7 Å². The third-order valence-corrected chi connectivity index (χ3v) is 7.34. The zero-order valence-corrected chi connectivity index (χ0v) is 25.6. The molecule has 1 saturated heterocycles. The third kappa shape index (κ3) is 6.24. The summed E-state index contributed by atoms with van der Waals surface area (Å²) in [6, 6.07) is 2.19. The Labute approximate surface area is 252 Å². The maximum atomic E-state index is 13.5. The smallest absolute Gasteiger partial charge is 0.410 e. The van der Waals surface area contributed by atoms with Gasteiger partial charge in [-0.25, -0.2) is 9.78 Å². The maximum Gasteiger partial charge on any atom is 0.410 e. The van der Waals surface area contributed by atoms with Gasteiger partial charge in [-0.15, -0.1) is 0 Å². The van der Waals surface area contributed by atoms with Gasteiger partial charge in [0.15, 0.2) is 0 Å². The number of rotatable bonds is 7. The minimum atomic E-state index is -0.683. The standard InChI is InChI=1S/C28H32Cl2N6O6/c1-8-20(37)32-16-12-36(27(39)42-28(2,3)4)13-17(16)33-26-31-11-14-9-15(25(38)35(5)24(14)34-26)21-22(29)18(40-6)10-19(41-7)23(21)30/h8-11,16-17H,1,12-13H2,2-7H3,(H,32,37)(H,31,33,34). The number of hydrogen-bond donors (Lipinski definition) is 2. The van der Waals surface area contributed by atoms with Crippen molar-refractivity contribution in [2.45, 2.75) is 38.5 Å². The van der Waals surface area contributed by atoms with Gasteiger partial charge in [0.05, 0.1) is 41.9 Å². The molecule has 2 atom stereocenters. The number of aryl methyl sites for hydroxylation is 1. The highest BCUT2D eigenvalue weighted by Gasteiger charge is 2.38. The van der Waals surface area contributed by atoms with Crippen molar-refractivity contribution in [2.75, 3.05) is 32.6 Å². The number of carbonyl (C=O) groups excluding carboxylic acids is 2. The van der Waals surface area contributed by atoms with Crippen LogP contribution in [0.2, 0.25) is 10.0 Å². The molecule has 1 aliphatic rings. The first-order valence-electron chi connectivity index (χ1n) is 12.9. The Hall–Kier alpha value is -4.03. The summed E-state index contributed by atoms with van der Waals surface area (Å²) in [6.07, 6.45) is 2.19. The number of anilines is 1. The average Bonchev–Trinajstić information content (AvgIpc) is 3.33. The summed E-state index contributed by atoms with van der Waals surface area (Å²) < 4.78 is 17.6. The summed E-state index contributed by atoms with van der Waals surface area (Å²) in [5.41, 5.74) is -0.306. The molecule has 0 saturated carbocycles. The Morgan fingerprint density at radius 2 is 1.71 bits per heavy atom. The van der Waals surface area contributed by atoms with Crippen LogP contribution in [0.15, 0.2) is 35.8 Å². The highest BCUT2D eigenvalue weighted by molar-refractivity contribution is 6.41. The van der Waals surface area contributed by atoms with E-state index in [4.69, 9.17) is 37.4 Å². The summed E-state index contributed by atoms with van der Waals surface area (Å²) in [5.74, 6) is 0.388. The molecule has 2 unspecified atom stereocenters. The van der Waals surface area contributed by atoms with E-state index >= 15 is 0 Å². The molecule has 0 radical (unpaired) electrons. The molecule has 0 spiro atoms. The third-order valence-electron chi connectivity index (χ3n) is 6.59. The van der Waals surface area contributed by atoms with Crippen LogP contribution < -0.4 is 25.7 Å². The Morgan fingerprint density at radius 3 is 2.29 bits per heavy atom. The van der Waals surface area contributed by atoms with Crippen LogP contribution >= 0.6 is 23.2 Å². The molecule has 3 aromatic rings. The molecular weight excluding hydrogens is 587 g/mol. The number of halogens is 2. The van der Waals surface area contributed by atoms with Crippen LogP contribution in [-0.4, -0.2) is 76.4 Å². The molecule has 4 rings (SSSR count). The van der Waals surface area contributed by atoms with E-state index in [9.17, 15) is 14.4 Å². The number of likely N-dealkylation sites (tertiary alicyclic amines) is 1. The fourth-order valence-electron chi connectivity index (χ4n) is 4.60. The van der Waals surface area contributed by atoms with Crippen LogP contribution in [0.1, 0.15) is 20.8 Å². The second-order valence-corrected chi connectivity index (χ2v) is 11.4. The summed E-state index contributed by atoms with van der Waals surface area (Å²) in [4.78, 5) is 48.9. The van der Waals surface area contributed by atoms with Crippen molar-refractivity contribution in [3.05, 3.63) is 51.4 Å². The van der Waals surface area contributed by atoms with Crippen molar-refractivity contribution in [3.8, 4) is 22.6 Å². The number of nitrogens with zero attached hydrogens (tertiary/aromatic N) is 4. The summed E-state index contributed by atoms with van der Waals surface area (Å²) in [5, 5.41) is 6.87. The van der Waals surface area contributed by atoms with E-state index in [0.717, 1.165) is 6.08 Å². The number of amides is 2. The summed E-state index contributed by atoms with van der Waals surface area (Å²) in [7, 11) is 4.46. The van der Waals surface area contributed by atoms with E-state index in [2.05, 4.69) is 27.2 Å². The van der Waals surface area contributed by atoms with Crippen LogP contribution in [0.4, 0.5) is 10.7 Å². The molecule has 1 fully saturated rings. The summed E-state index contributed by atoms with van der Waals surface area (Å²) in [6.45, 7) is 9.25. The van der Waals surface area contributed by atoms with Gasteiger partial charge in [-0.3, -0.25) is 14.2 Å². The Kier molecular flexibility index (Phi) is 8.88. The predicted molar refractivity (Wildman–Crippen MR) is 161 cm³/mol. The van der Waals surface area contributed by atoms with Gasteiger partial charge in [0, 0.05) is 43.4 Å². The lowest BCUT2D eigenvalue weighted by Crippen LogP contribution is -2.45. The molecular formula is C28H32Cl2N6O6. The van der Waals surface area contributed by atoms with Gasteiger partial charge in [0.25, 0.3) is 5.56 Å². The number of aromatic nitrogens is 3. The van der Waals surface area contributed by atoms with Crippen molar-refractivity contribution in [1.29, 1.82) is 0 Å². The van der Waals surface area contributed by atoms with Crippen LogP contribution in [0, 0.1) is 0 Å². The van der Waals surface area contributed by atoms with Crippen molar-refractivity contribution < 1.29 is 23.8 Å². The van der Waals surface area contributed by atoms with Crippen LogP contribution in [-0.2, 0) is 16.6 Å². The number of fused-ring (bicyclic) bond motifs is 1. The number of pyridine rings is 1. The van der Waals surface area contributed by atoms with Crippen molar-refractivity contribution in [3.63, 3.8) is 0 Å². The van der Waals surface area contributed by atoms with E-state index in [0.29, 0.717) is 22.5 Å². The topological polar surface area (TPSA) is 137 Å². The molecule has 1 aliphatic heterocycles. The molecule has 2 aromatic heterocycles. The van der Waals surface area contributed by atoms with Gasteiger partial charge in [-0.2, -0.15) is 4.98 Å². The Bertz CT molecular complexity index is 1590. The molecule has 224 valence electrons. The van der Waals surface area contributed by atoms with Gasteiger partial charge in [0.2, 0.25) is 11.9 Å². The Morgan fingerprint density at radius 1 is 1.10 bits per heavy atom. The number of nitrogens with one attached hydrogen (secondary N) is 2. The highest BCUT2D eigenvalue weighted by atomic mass is 35.5. The highest BCUT2D eigenvalue weighted by Crippen LogP contribution is 2.45. The van der Waals surface area contributed by atoms with Gasteiger partial charge >= 0.3 is 6.09 Å². The lowest BCUT2D eigenvalue weighted by Gasteiger charge is -2.24. The first kappa shape index (κ1) is 30.9. The van der Waals surface area contributed by atoms with Crippen molar-refractivity contribution in [1.82, 2.24) is 24.8 Å². The average molecular weight is 620 g/mol. The monoisotopic (exact) mass is 618 g/mol. The molecule has 0 aliphatic carbocycles. The minimum Gasteiger partial charge on any atom is -0.495 e. The van der Waals surface area contributed by atoms with Gasteiger partial charge in [-0.1, -0.05) is 29.8 Å². The molecule has 2 amide bonds. The summed E-state index contributed by atoms with van der Waals surface area (Å²) >= 11 is 13.2. The molecule has 0 bridgehead atoms. The van der Waals surface area contributed by atoms with Crippen LogP contribution in [0.25, 0.3) is 22.2 Å². The van der Waals surface area contributed by atoms with Gasteiger partial charge in [-0.05, 0) is 32.9 Å². The van der Waals surface area contributed by atoms with E-state index in [1.807, 2.05) is 0 Å². The molecule has 14 heteroatoms. The number of carbonyl (C=O) groups is 2. The van der Waals surface area contributed by atoms with E-state index in [1.54, 1.807) is 46.1 Å². The number of benzene rings is 1. The van der Waals surface area contributed by atoms with E-state index < -0.39 is 35.2 Å². The molecule has 42 heavy (non-hydrogen) atoms. The SMILES string of the molecule is C=CC(=O)NC1CN(C(=O)OC(C)(C)C)CC1Nc1ncc2cc(-c3c(Cl)c(OC)cc(OC)c3Cl)c(=O)n(C)c2n1. The predicted octanol–water partition coefficient (Wildman–Crippen LogP) is 4.02. The number of ether oxygens (including phenoxy) is 3. The fraction of sp³-hybridized carbons (Fsp3) is 0.393. The first-order chi connectivity index (χ1) is 19.8. The van der Waals surface area contributed by atoms with Gasteiger partial charge in [0.1, 0.15) is 22.7 Å². The lowest BCUT2D eigenvalue weighted by molar-refractivity contribution is -0.117. The second-order valence-electron chi connectivity index (χ2n) is 10.6. The normalized spacial score (nSPS) is 16.7. The number of methoxy groups -OCH3 is 2. The second kappa shape index (κ2) is 12.1. The molecule has 3 heterocycles. The Balaban J connectivity index is 1.70. The zero-order chi connectivity index (χ0) is 30.9. The van der Waals surface area contributed by atoms with Crippen LogP contribution in [0.5, 0.6) is 11.5 Å². The number of hydrogen-bond acceptors (Lipinski definition) is 9. The van der Waals surface area contributed by atoms with Crippen molar-refractivity contribution >= 4 is 52.2 Å². The quantitative estimate of drug-likeness (QED) is 0.376.